The zero-order chi connectivity index (χ0) is 23.6. The van der Waals surface area contributed by atoms with Crippen molar-refractivity contribution in [1.29, 1.82) is 0 Å². The number of nitrogens with one attached hydrogen (secondary N) is 2. The molecule has 0 saturated carbocycles. The molecule has 0 radical (unpaired) electrons. The summed E-state index contributed by atoms with van der Waals surface area (Å²) >= 11 is 1.65. The second-order valence-electron chi connectivity index (χ2n) is 11.0. The number of thioether (sulfide) groups is 1. The number of hydrogen-bond acceptors (Lipinski definition) is 6. The van der Waals surface area contributed by atoms with E-state index in [0.29, 0.717) is 17.1 Å². The van der Waals surface area contributed by atoms with Crippen molar-refractivity contribution in [2.75, 3.05) is 14.2 Å². The first-order chi connectivity index (χ1) is 14.8. The highest BCUT2D eigenvalue weighted by Crippen LogP contribution is 2.58. The molecule has 8 heteroatoms. The van der Waals surface area contributed by atoms with Crippen LogP contribution in [0.3, 0.4) is 0 Å². The third-order valence-corrected chi connectivity index (χ3v) is 8.22. The van der Waals surface area contributed by atoms with Gasteiger partial charge in [0.1, 0.15) is 11.4 Å². The lowest BCUT2D eigenvalue weighted by atomic mass is 9.79. The smallest absolute Gasteiger partial charge is 0.260 e. The molecule has 4 rings (SSSR count). The predicted molar refractivity (Wildman–Crippen MR) is 126 cm³/mol. The van der Waals surface area contributed by atoms with Crippen LogP contribution in [0.2, 0.25) is 0 Å². The standard InChI is InChI=1S/C24H35N3O4S/c1-22(2)11-13(12-23(3,4)26-22)25-19(28)18-24(5,6)32-21-14-9-10-15(30-7)17(31-8)16(14)20(29)27(18)21/h9-10,13,18,21,26H,11-12H2,1-8H3,(H,25,28)/t18-,21+/m1/s1. The van der Waals surface area contributed by atoms with Gasteiger partial charge in [0, 0.05) is 27.4 Å². The maximum absolute atomic E-state index is 13.7. The molecule has 0 bridgehead atoms. The van der Waals surface area contributed by atoms with Crippen LogP contribution in [0.4, 0.5) is 0 Å². The van der Waals surface area contributed by atoms with Gasteiger partial charge in [0.25, 0.3) is 5.91 Å². The van der Waals surface area contributed by atoms with Crippen molar-refractivity contribution in [3.8, 4) is 11.5 Å². The van der Waals surface area contributed by atoms with Crippen molar-refractivity contribution >= 4 is 23.6 Å². The molecule has 3 aliphatic heterocycles. The fraction of sp³-hybridized carbons (Fsp3) is 0.667. The van der Waals surface area contributed by atoms with Gasteiger partial charge in [-0.05, 0) is 60.5 Å². The first kappa shape index (κ1) is 23.2. The number of benzene rings is 1. The molecular weight excluding hydrogens is 426 g/mol. The van der Waals surface area contributed by atoms with E-state index in [2.05, 4.69) is 38.3 Å². The van der Waals surface area contributed by atoms with Gasteiger partial charge in [-0.1, -0.05) is 6.07 Å². The number of amides is 2. The van der Waals surface area contributed by atoms with Crippen molar-refractivity contribution in [3.63, 3.8) is 0 Å². The Balaban J connectivity index is 1.64. The van der Waals surface area contributed by atoms with E-state index >= 15 is 0 Å². The lowest BCUT2D eigenvalue weighted by Gasteiger charge is -2.47. The Bertz CT molecular complexity index is 943. The lowest BCUT2D eigenvalue weighted by Crippen LogP contribution is -2.64. The molecule has 176 valence electrons. The molecule has 2 amide bonds. The van der Waals surface area contributed by atoms with Crippen LogP contribution in [0.5, 0.6) is 11.5 Å². The van der Waals surface area contributed by atoms with Crippen molar-refractivity contribution in [2.24, 2.45) is 0 Å². The molecule has 1 aromatic carbocycles. The number of ether oxygens (including phenoxy) is 2. The third kappa shape index (κ3) is 3.75. The molecule has 0 aromatic heterocycles. The molecule has 3 heterocycles. The van der Waals surface area contributed by atoms with Crippen LogP contribution in [0.1, 0.15) is 75.7 Å². The van der Waals surface area contributed by atoms with Gasteiger partial charge in [-0.2, -0.15) is 0 Å². The van der Waals surface area contributed by atoms with Crippen LogP contribution in [-0.4, -0.2) is 58.8 Å². The van der Waals surface area contributed by atoms with Crippen LogP contribution in [0.25, 0.3) is 0 Å². The van der Waals surface area contributed by atoms with E-state index in [1.807, 2.05) is 26.0 Å². The van der Waals surface area contributed by atoms with Crippen LogP contribution in [-0.2, 0) is 4.79 Å². The molecule has 2 atom stereocenters. The number of rotatable bonds is 4. The Labute approximate surface area is 195 Å². The first-order valence-corrected chi connectivity index (χ1v) is 12.0. The summed E-state index contributed by atoms with van der Waals surface area (Å²) in [7, 11) is 3.09. The molecule has 7 nitrogen and oxygen atoms in total. The van der Waals surface area contributed by atoms with Gasteiger partial charge < -0.3 is 25.0 Å². The summed E-state index contributed by atoms with van der Waals surface area (Å²) in [5.41, 5.74) is 1.23. The highest BCUT2D eigenvalue weighted by Gasteiger charge is 2.58. The van der Waals surface area contributed by atoms with Crippen molar-refractivity contribution in [2.45, 2.75) is 87.7 Å². The van der Waals surface area contributed by atoms with E-state index in [9.17, 15) is 9.59 Å². The lowest BCUT2D eigenvalue weighted by molar-refractivity contribution is -0.127. The Morgan fingerprint density at radius 2 is 1.72 bits per heavy atom. The average Bonchev–Trinajstić information content (AvgIpc) is 3.07. The molecular formula is C24H35N3O4S. The Kier molecular flexibility index (Phi) is 5.48. The summed E-state index contributed by atoms with van der Waals surface area (Å²) in [6, 6.07) is 3.22. The number of methoxy groups -OCH3 is 2. The largest absolute Gasteiger partial charge is 0.493 e. The molecule has 2 N–H and O–H groups in total. The van der Waals surface area contributed by atoms with E-state index in [1.54, 1.807) is 23.8 Å². The third-order valence-electron chi connectivity index (χ3n) is 6.68. The van der Waals surface area contributed by atoms with Crippen LogP contribution >= 0.6 is 11.8 Å². The quantitative estimate of drug-likeness (QED) is 0.715. The summed E-state index contributed by atoms with van der Waals surface area (Å²) in [5, 5.41) is 6.73. The van der Waals surface area contributed by atoms with Crippen LogP contribution in [0, 0.1) is 0 Å². The SMILES string of the molecule is COc1ccc2c(c1OC)C(=O)N1[C@H]2SC(C)(C)[C@H]1C(=O)NC1CC(C)(C)NC(C)(C)C1. The highest BCUT2D eigenvalue weighted by atomic mass is 32.2. The molecule has 32 heavy (non-hydrogen) atoms. The van der Waals surface area contributed by atoms with Gasteiger partial charge in [0.15, 0.2) is 11.5 Å². The number of piperidine rings is 1. The Morgan fingerprint density at radius 3 is 2.28 bits per heavy atom. The number of nitrogens with zero attached hydrogens (tertiary/aromatic N) is 1. The second kappa shape index (κ2) is 7.55. The van der Waals surface area contributed by atoms with E-state index in [-0.39, 0.29) is 34.3 Å². The maximum atomic E-state index is 13.7. The van der Waals surface area contributed by atoms with Gasteiger partial charge in [-0.25, -0.2) is 0 Å². The number of hydrogen-bond donors (Lipinski definition) is 2. The highest BCUT2D eigenvalue weighted by molar-refractivity contribution is 8.01. The molecule has 0 spiro atoms. The zero-order valence-electron chi connectivity index (χ0n) is 20.3. The minimum atomic E-state index is -0.575. The monoisotopic (exact) mass is 461 g/mol. The number of carbonyl (C=O) groups is 2. The summed E-state index contributed by atoms with van der Waals surface area (Å²) < 4.78 is 10.5. The Morgan fingerprint density at radius 1 is 1.09 bits per heavy atom. The fourth-order valence-electron chi connectivity index (χ4n) is 5.96. The Hall–Kier alpha value is -1.93. The molecule has 1 aromatic rings. The molecule has 3 aliphatic rings. The van der Waals surface area contributed by atoms with E-state index in [4.69, 9.17) is 9.47 Å². The van der Waals surface area contributed by atoms with Crippen LogP contribution in [0.15, 0.2) is 12.1 Å². The molecule has 0 unspecified atom stereocenters. The normalized spacial score (nSPS) is 27.6. The minimum absolute atomic E-state index is 0.0447. The van der Waals surface area contributed by atoms with Crippen molar-refractivity contribution in [3.05, 3.63) is 23.3 Å². The molecule has 2 fully saturated rings. The van der Waals surface area contributed by atoms with E-state index in [1.165, 1.54) is 7.11 Å². The molecule has 2 saturated heterocycles. The average molecular weight is 462 g/mol. The van der Waals surface area contributed by atoms with Gasteiger partial charge in [0.2, 0.25) is 5.91 Å². The summed E-state index contributed by atoms with van der Waals surface area (Å²) in [5.74, 6) is 0.689. The van der Waals surface area contributed by atoms with Gasteiger partial charge in [0.05, 0.1) is 19.8 Å². The summed E-state index contributed by atoms with van der Waals surface area (Å²) in [6.45, 7) is 12.8. The predicted octanol–water partition coefficient (Wildman–Crippen LogP) is 3.48. The van der Waals surface area contributed by atoms with E-state index in [0.717, 1.165) is 18.4 Å². The second-order valence-corrected chi connectivity index (χ2v) is 12.7. The fourth-order valence-corrected chi connectivity index (χ4v) is 7.54. The minimum Gasteiger partial charge on any atom is -0.493 e. The van der Waals surface area contributed by atoms with Crippen molar-refractivity contribution in [1.82, 2.24) is 15.5 Å². The first-order valence-electron chi connectivity index (χ1n) is 11.2. The van der Waals surface area contributed by atoms with E-state index < -0.39 is 10.8 Å². The van der Waals surface area contributed by atoms with Crippen LogP contribution < -0.4 is 20.1 Å². The topological polar surface area (TPSA) is 79.9 Å². The zero-order valence-corrected chi connectivity index (χ0v) is 21.1. The summed E-state index contributed by atoms with van der Waals surface area (Å²) in [6.07, 6.45) is 1.68. The van der Waals surface area contributed by atoms with Gasteiger partial charge in [-0.15, -0.1) is 11.8 Å². The summed E-state index contributed by atoms with van der Waals surface area (Å²) in [4.78, 5) is 29.0. The number of fused-ring (bicyclic) bond motifs is 3. The van der Waals surface area contributed by atoms with Gasteiger partial charge >= 0.3 is 0 Å². The molecule has 0 aliphatic carbocycles. The number of carbonyl (C=O) groups excluding carboxylic acids is 2. The maximum Gasteiger partial charge on any atom is 0.260 e. The van der Waals surface area contributed by atoms with Gasteiger partial charge in [-0.3, -0.25) is 9.59 Å². The van der Waals surface area contributed by atoms with Crippen molar-refractivity contribution < 1.29 is 19.1 Å².